The zero-order chi connectivity index (χ0) is 32.5. The van der Waals surface area contributed by atoms with E-state index in [2.05, 4.69) is 16.7 Å². The van der Waals surface area contributed by atoms with Gasteiger partial charge in [-0.2, -0.15) is 0 Å². The van der Waals surface area contributed by atoms with Gasteiger partial charge >= 0.3 is 0 Å². The maximum absolute atomic E-state index is 14.0. The summed E-state index contributed by atoms with van der Waals surface area (Å²) in [4.78, 5) is 37.0. The topological polar surface area (TPSA) is 140 Å². The summed E-state index contributed by atoms with van der Waals surface area (Å²) in [6.45, 7) is 11.6. The minimum atomic E-state index is -1.15. The number of amides is 1. The Morgan fingerprint density at radius 1 is 1.04 bits per heavy atom. The summed E-state index contributed by atoms with van der Waals surface area (Å²) in [6, 6.07) is 13.3. The van der Waals surface area contributed by atoms with E-state index < -0.39 is 29.7 Å². The summed E-state index contributed by atoms with van der Waals surface area (Å²) in [7, 11) is 0. The van der Waals surface area contributed by atoms with Gasteiger partial charge in [-0.25, -0.2) is 9.97 Å². The van der Waals surface area contributed by atoms with Crippen molar-refractivity contribution in [3.8, 4) is 17.3 Å². The molecule has 10 nitrogen and oxygen atoms in total. The number of hydrogen-bond donors (Lipinski definition) is 3. The van der Waals surface area contributed by atoms with Crippen molar-refractivity contribution < 1.29 is 28.3 Å². The van der Waals surface area contributed by atoms with Gasteiger partial charge in [-0.15, -0.1) is 0 Å². The van der Waals surface area contributed by atoms with Crippen LogP contribution in [0.5, 0.6) is 5.75 Å². The van der Waals surface area contributed by atoms with Crippen molar-refractivity contribution in [3.63, 3.8) is 0 Å². The van der Waals surface area contributed by atoms with E-state index in [1.807, 2.05) is 64.1 Å². The van der Waals surface area contributed by atoms with E-state index in [0.717, 1.165) is 28.1 Å². The molecular formula is C36H40N4O6. The molecule has 240 valence electrons. The number of nitrogens with zero attached hydrogens (tertiary/aromatic N) is 2. The summed E-state index contributed by atoms with van der Waals surface area (Å²) in [5.74, 6) is 0.208. The minimum Gasteiger partial charge on any atom is -0.469 e. The summed E-state index contributed by atoms with van der Waals surface area (Å²) in [6.07, 6.45) is 0.143. The molecule has 1 amide bonds. The zero-order valence-corrected chi connectivity index (χ0v) is 27.0. The number of anilines is 1. The van der Waals surface area contributed by atoms with Gasteiger partial charge in [0.15, 0.2) is 23.5 Å². The molecule has 5 atom stereocenters. The third kappa shape index (κ3) is 4.64. The molecule has 4 aromatic rings. The van der Waals surface area contributed by atoms with Crippen LogP contribution in [0.2, 0.25) is 0 Å². The summed E-state index contributed by atoms with van der Waals surface area (Å²) < 4.78 is 19.5. The van der Waals surface area contributed by atoms with Crippen molar-refractivity contribution in [2.24, 2.45) is 17.8 Å². The number of carbonyl (C=O) groups is 2. The molecule has 0 radical (unpaired) electrons. The lowest BCUT2D eigenvalue weighted by atomic mass is 9.72. The molecule has 10 heteroatoms. The zero-order valence-electron chi connectivity index (χ0n) is 27.0. The molecule has 3 aliphatic heterocycles. The molecule has 3 N–H and O–H groups in total. The highest BCUT2D eigenvalue weighted by Crippen LogP contribution is 2.59. The Balaban J connectivity index is 1.48. The van der Waals surface area contributed by atoms with Crippen molar-refractivity contribution in [1.82, 2.24) is 15.3 Å². The maximum Gasteiger partial charge on any atom is 0.249 e. The molecule has 2 aromatic heterocycles. The second kappa shape index (κ2) is 11.1. The molecular weight excluding hydrogens is 584 g/mol. The quantitative estimate of drug-likeness (QED) is 0.230. The van der Waals surface area contributed by atoms with E-state index in [-0.39, 0.29) is 35.9 Å². The van der Waals surface area contributed by atoms with Crippen LogP contribution in [0, 0.1) is 17.8 Å². The highest BCUT2D eigenvalue weighted by molar-refractivity contribution is 5.89. The van der Waals surface area contributed by atoms with E-state index >= 15 is 0 Å². The van der Waals surface area contributed by atoms with Crippen LogP contribution in [0.15, 0.2) is 57.6 Å². The maximum atomic E-state index is 14.0. The van der Waals surface area contributed by atoms with Crippen LogP contribution in [0.4, 0.5) is 5.69 Å². The third-order valence-corrected chi connectivity index (χ3v) is 9.56. The number of carbonyl (C=O) groups excluding carboxylic acids is 2. The molecule has 4 bridgehead atoms. The fourth-order valence-corrected chi connectivity index (χ4v) is 6.96. The molecule has 0 fully saturated rings. The lowest BCUT2D eigenvalue weighted by molar-refractivity contribution is -0.135. The highest BCUT2D eigenvalue weighted by Gasteiger charge is 2.61. The SMILES string of the molecule is CC(C)c1coc(-c2nc3oc2C24c5ccccc5N[C@H]2Oc2ccc(cc24)CC(CC(=O)[C@@H](O)C(C)C)C(=O)N[C@H]3C(C)C)n1. The van der Waals surface area contributed by atoms with Gasteiger partial charge in [0.05, 0.1) is 5.69 Å². The molecule has 3 aliphatic rings. The number of aliphatic hydroxyl groups excluding tert-OH is 1. The van der Waals surface area contributed by atoms with Crippen molar-refractivity contribution in [3.05, 3.63) is 82.8 Å². The number of fused-ring (bicyclic) bond motifs is 4. The first-order valence-electron chi connectivity index (χ1n) is 16.1. The fourth-order valence-electron chi connectivity index (χ4n) is 6.96. The Morgan fingerprint density at radius 3 is 2.54 bits per heavy atom. The van der Waals surface area contributed by atoms with Crippen molar-refractivity contribution in [1.29, 1.82) is 0 Å². The monoisotopic (exact) mass is 624 g/mol. The van der Waals surface area contributed by atoms with E-state index in [4.69, 9.17) is 23.5 Å². The largest absolute Gasteiger partial charge is 0.469 e. The molecule has 0 saturated carbocycles. The van der Waals surface area contributed by atoms with Gasteiger partial charge < -0.3 is 29.3 Å². The van der Waals surface area contributed by atoms with Crippen molar-refractivity contribution >= 4 is 17.4 Å². The Morgan fingerprint density at radius 2 is 1.83 bits per heavy atom. The first kappa shape index (κ1) is 30.2. The number of hydrogen-bond acceptors (Lipinski definition) is 9. The molecule has 1 spiro atoms. The number of rotatable bonds is 7. The summed E-state index contributed by atoms with van der Waals surface area (Å²) in [5.41, 5.74) is 3.87. The average molecular weight is 625 g/mol. The molecule has 2 aromatic carbocycles. The van der Waals surface area contributed by atoms with Gasteiger partial charge in [0, 0.05) is 23.6 Å². The van der Waals surface area contributed by atoms with E-state index in [9.17, 15) is 14.7 Å². The number of nitrogens with one attached hydrogen (secondary N) is 2. The van der Waals surface area contributed by atoms with Crippen molar-refractivity contribution in [2.75, 3.05) is 5.32 Å². The average Bonchev–Trinajstić information content (AvgIpc) is 3.79. The normalized spacial score (nSPS) is 23.7. The predicted molar refractivity (Wildman–Crippen MR) is 170 cm³/mol. The summed E-state index contributed by atoms with van der Waals surface area (Å²) in [5, 5.41) is 17.3. The van der Waals surface area contributed by atoms with Gasteiger partial charge in [0.25, 0.3) is 0 Å². The number of oxazole rings is 2. The van der Waals surface area contributed by atoms with Gasteiger partial charge in [-0.05, 0) is 47.4 Å². The summed E-state index contributed by atoms with van der Waals surface area (Å²) >= 11 is 0. The highest BCUT2D eigenvalue weighted by atomic mass is 16.5. The number of ketones is 1. The second-order valence-electron chi connectivity index (χ2n) is 13.8. The van der Waals surface area contributed by atoms with Crippen LogP contribution in [-0.4, -0.2) is 39.1 Å². The van der Waals surface area contributed by atoms with E-state index in [0.29, 0.717) is 35.4 Å². The van der Waals surface area contributed by atoms with Crippen LogP contribution in [0.25, 0.3) is 11.6 Å². The number of aliphatic hydroxyl groups is 1. The molecule has 2 unspecified atom stereocenters. The number of benzene rings is 2. The molecule has 5 heterocycles. The van der Waals surface area contributed by atoms with Crippen LogP contribution in [0.3, 0.4) is 0 Å². The molecule has 46 heavy (non-hydrogen) atoms. The smallest absolute Gasteiger partial charge is 0.249 e. The number of para-hydroxylation sites is 1. The minimum absolute atomic E-state index is 0.0991. The van der Waals surface area contributed by atoms with E-state index in [1.165, 1.54) is 0 Å². The van der Waals surface area contributed by atoms with Gasteiger partial charge in [-0.3, -0.25) is 9.59 Å². The number of ether oxygens (including phenoxy) is 1. The third-order valence-electron chi connectivity index (χ3n) is 9.56. The predicted octanol–water partition coefficient (Wildman–Crippen LogP) is 5.89. The number of aromatic nitrogens is 2. The Labute approximate surface area is 268 Å². The number of Topliss-reactive ketones (excluding diaryl/α,β-unsaturated/α-hetero) is 1. The fraction of sp³-hybridized carbons (Fsp3) is 0.444. The standard InChI is InChI=1S/C36H40N4O6/c1-17(2)25-16-44-33(37-25)29-31-36-22-9-7-8-10-24(22)38-35(36)45-27-12-11-20(14-23(27)36)13-21(15-26(41)30(42)19(5)6)32(43)39-28(18(3)4)34(40-29)46-31/h7-12,14,16-19,21,28,30,35,38,42H,13,15H2,1-6H3,(H,39,43)/t21?,28-,30-,35-,36?/m0/s1. The van der Waals surface area contributed by atoms with Crippen LogP contribution < -0.4 is 15.4 Å². The molecule has 7 rings (SSSR count). The van der Waals surface area contributed by atoms with Crippen LogP contribution >= 0.6 is 0 Å². The van der Waals surface area contributed by atoms with Crippen LogP contribution in [0.1, 0.15) is 94.0 Å². The van der Waals surface area contributed by atoms with E-state index in [1.54, 1.807) is 20.1 Å². The first-order chi connectivity index (χ1) is 22.0. The lowest BCUT2D eigenvalue weighted by Crippen LogP contribution is -2.41. The van der Waals surface area contributed by atoms with Crippen molar-refractivity contribution in [2.45, 2.75) is 84.1 Å². The lowest BCUT2D eigenvalue weighted by Gasteiger charge is -2.28. The van der Waals surface area contributed by atoms with Gasteiger partial charge in [0.2, 0.25) is 17.7 Å². The Kier molecular flexibility index (Phi) is 7.31. The second-order valence-corrected chi connectivity index (χ2v) is 13.8. The molecule has 0 saturated heterocycles. The Bertz CT molecular complexity index is 1820. The van der Waals surface area contributed by atoms with Crippen LogP contribution in [-0.2, 0) is 21.4 Å². The van der Waals surface area contributed by atoms with Gasteiger partial charge in [-0.1, -0.05) is 71.9 Å². The van der Waals surface area contributed by atoms with Gasteiger partial charge in [0.1, 0.15) is 29.6 Å². The Hall–Kier alpha value is -4.44. The molecule has 0 aliphatic carbocycles. The first-order valence-corrected chi connectivity index (χ1v) is 16.1.